The van der Waals surface area contributed by atoms with Crippen LogP contribution in [-0.2, 0) is 11.3 Å². The van der Waals surface area contributed by atoms with E-state index in [9.17, 15) is 9.18 Å². The van der Waals surface area contributed by atoms with Crippen molar-refractivity contribution >= 4 is 11.6 Å². The topological polar surface area (TPSA) is 56.4 Å². The van der Waals surface area contributed by atoms with E-state index >= 15 is 0 Å². The maximum Gasteiger partial charge on any atom is 0.282 e. The van der Waals surface area contributed by atoms with E-state index < -0.39 is 0 Å². The Balaban J connectivity index is 1.50. The van der Waals surface area contributed by atoms with Gasteiger partial charge in [0.1, 0.15) is 38.5 Å². The smallest absolute Gasteiger partial charge is 0.282 e. The second-order valence-corrected chi connectivity index (χ2v) is 7.49. The Morgan fingerprint density at radius 2 is 1.69 bits per heavy atom. The normalized spacial score (nSPS) is 20.0. The van der Waals surface area contributed by atoms with Crippen LogP contribution < -0.4 is 24.6 Å². The van der Waals surface area contributed by atoms with Crippen molar-refractivity contribution in [1.29, 1.82) is 0 Å². The Labute approximate surface area is 171 Å². The molecular weight excluding hydrogens is 373 g/mol. The van der Waals surface area contributed by atoms with Crippen LogP contribution in [0.5, 0.6) is 11.5 Å². The molecule has 0 radical (unpaired) electrons. The van der Waals surface area contributed by atoms with Gasteiger partial charge in [0.25, 0.3) is 5.91 Å². The van der Waals surface area contributed by atoms with Crippen LogP contribution in [0.25, 0.3) is 0 Å². The van der Waals surface area contributed by atoms with E-state index in [0.717, 1.165) is 44.2 Å². The van der Waals surface area contributed by atoms with Crippen molar-refractivity contribution in [3.05, 3.63) is 53.8 Å². The minimum absolute atomic E-state index is 0.0325. The van der Waals surface area contributed by atoms with Gasteiger partial charge in [-0.2, -0.15) is 0 Å². The molecule has 0 bridgehead atoms. The zero-order valence-corrected chi connectivity index (χ0v) is 17.3. The number of hydrogen-bond donors (Lipinski definition) is 3. The van der Waals surface area contributed by atoms with Gasteiger partial charge in [0.05, 0.1) is 14.2 Å². The molecule has 6 nitrogen and oxygen atoms in total. The summed E-state index contributed by atoms with van der Waals surface area (Å²) >= 11 is 0. The van der Waals surface area contributed by atoms with Crippen molar-refractivity contribution in [2.24, 2.45) is 0 Å². The fourth-order valence-electron chi connectivity index (χ4n) is 3.78. The quantitative estimate of drug-likeness (QED) is 0.617. The van der Waals surface area contributed by atoms with Crippen molar-refractivity contribution in [1.82, 2.24) is 0 Å². The van der Waals surface area contributed by atoms with Crippen LogP contribution in [0, 0.1) is 5.82 Å². The average Bonchev–Trinajstić information content (AvgIpc) is 2.75. The van der Waals surface area contributed by atoms with Gasteiger partial charge >= 0.3 is 0 Å². The highest BCUT2D eigenvalue weighted by Gasteiger charge is 2.31. The Kier molecular flexibility index (Phi) is 7.06. The van der Waals surface area contributed by atoms with E-state index in [-0.39, 0.29) is 17.8 Å². The Morgan fingerprint density at radius 1 is 1.03 bits per heavy atom. The van der Waals surface area contributed by atoms with Gasteiger partial charge in [0, 0.05) is 11.3 Å². The minimum atomic E-state index is -0.310. The zero-order chi connectivity index (χ0) is 20.8. The Bertz CT molecular complexity index is 821. The molecule has 1 aliphatic rings. The van der Waals surface area contributed by atoms with Gasteiger partial charge in [-0.1, -0.05) is 0 Å². The molecule has 0 unspecified atom stereocenters. The van der Waals surface area contributed by atoms with Crippen molar-refractivity contribution in [3.63, 3.8) is 0 Å². The molecule has 1 atom stereocenters. The van der Waals surface area contributed by atoms with E-state index in [1.807, 2.05) is 19.1 Å². The molecule has 156 valence electrons. The summed E-state index contributed by atoms with van der Waals surface area (Å²) in [4.78, 5) is 15.3. The molecule has 1 aliphatic heterocycles. The number of carbonyl (C=O) groups excluding carboxylic acids is 1. The fraction of sp³-hybridized carbons (Fsp3) is 0.409. The lowest BCUT2D eigenvalue weighted by molar-refractivity contribution is -1.02. The second-order valence-electron chi connectivity index (χ2n) is 7.49. The molecule has 2 aromatic rings. The first kappa shape index (κ1) is 21.1. The molecule has 3 N–H and O–H groups in total. The highest BCUT2D eigenvalue weighted by atomic mass is 19.1. The maximum absolute atomic E-state index is 13.0. The molecule has 0 aromatic heterocycles. The van der Waals surface area contributed by atoms with Gasteiger partial charge < -0.3 is 24.6 Å². The van der Waals surface area contributed by atoms with Crippen molar-refractivity contribution < 1.29 is 28.5 Å². The number of benzene rings is 2. The maximum atomic E-state index is 13.0. The molecule has 1 amide bonds. The number of halogens is 1. The number of anilines is 1. The molecule has 1 saturated heterocycles. The second kappa shape index (κ2) is 9.71. The molecular formula is C22H30FN3O3+2. The molecule has 1 heterocycles. The van der Waals surface area contributed by atoms with Gasteiger partial charge in [0.2, 0.25) is 0 Å². The van der Waals surface area contributed by atoms with Crippen LogP contribution in [0.3, 0.4) is 0 Å². The van der Waals surface area contributed by atoms with Crippen LogP contribution in [0.4, 0.5) is 10.1 Å². The number of carbonyl (C=O) groups is 1. The SMILES string of the molecule is COc1ccc(C[NH+]2CC[NH+]([C@H](C)C(=O)Nc3ccc(F)cc3)CC2)cc1OC. The lowest BCUT2D eigenvalue weighted by Gasteiger charge is -2.32. The standard InChI is InChI=1S/C22H28FN3O3/c1-16(22(27)24-19-7-5-18(23)6-8-19)26-12-10-25(11-13-26)15-17-4-9-20(28-2)21(14-17)29-3/h4-9,14,16H,10-13,15H2,1-3H3,(H,24,27)/p+2/t16-/m1/s1. The summed E-state index contributed by atoms with van der Waals surface area (Å²) in [6.45, 7) is 6.73. The van der Waals surface area contributed by atoms with Crippen molar-refractivity contribution in [2.75, 3.05) is 45.7 Å². The number of rotatable bonds is 7. The van der Waals surface area contributed by atoms with Crippen LogP contribution in [0.1, 0.15) is 12.5 Å². The van der Waals surface area contributed by atoms with Gasteiger partial charge in [-0.3, -0.25) is 4.79 Å². The predicted molar refractivity (Wildman–Crippen MR) is 109 cm³/mol. The largest absolute Gasteiger partial charge is 0.493 e. The molecule has 0 spiro atoms. The van der Waals surface area contributed by atoms with E-state index in [2.05, 4.69) is 11.4 Å². The van der Waals surface area contributed by atoms with Crippen molar-refractivity contribution in [3.8, 4) is 11.5 Å². The number of hydrogen-bond acceptors (Lipinski definition) is 3. The van der Waals surface area contributed by atoms with Crippen LogP contribution in [0.2, 0.25) is 0 Å². The summed E-state index contributed by atoms with van der Waals surface area (Å²) < 4.78 is 23.7. The summed E-state index contributed by atoms with van der Waals surface area (Å²) in [5, 5.41) is 2.88. The first-order chi connectivity index (χ1) is 14.0. The predicted octanol–water partition coefficient (Wildman–Crippen LogP) is 0.154. The third-order valence-electron chi connectivity index (χ3n) is 5.62. The van der Waals surface area contributed by atoms with Crippen molar-refractivity contribution in [2.45, 2.75) is 19.5 Å². The zero-order valence-electron chi connectivity index (χ0n) is 17.3. The van der Waals surface area contributed by atoms with E-state index in [4.69, 9.17) is 9.47 Å². The van der Waals surface area contributed by atoms with Gasteiger partial charge in [-0.25, -0.2) is 4.39 Å². The highest BCUT2D eigenvalue weighted by molar-refractivity contribution is 5.93. The van der Waals surface area contributed by atoms with Gasteiger partial charge in [-0.15, -0.1) is 0 Å². The lowest BCUT2D eigenvalue weighted by atomic mass is 10.1. The van der Waals surface area contributed by atoms with E-state index in [0.29, 0.717) is 5.69 Å². The van der Waals surface area contributed by atoms with E-state index in [1.165, 1.54) is 27.5 Å². The number of piperazine rings is 1. The van der Waals surface area contributed by atoms with Crippen LogP contribution in [0.15, 0.2) is 42.5 Å². The third-order valence-corrected chi connectivity index (χ3v) is 5.62. The summed E-state index contributed by atoms with van der Waals surface area (Å²) in [5.41, 5.74) is 1.84. The Morgan fingerprint density at radius 3 is 2.31 bits per heavy atom. The fourth-order valence-corrected chi connectivity index (χ4v) is 3.78. The number of methoxy groups -OCH3 is 2. The third kappa shape index (κ3) is 5.46. The van der Waals surface area contributed by atoms with E-state index in [1.54, 1.807) is 26.4 Å². The first-order valence-electron chi connectivity index (χ1n) is 9.95. The molecule has 1 fully saturated rings. The van der Waals surface area contributed by atoms with Crippen LogP contribution in [-0.4, -0.2) is 52.3 Å². The first-order valence-corrected chi connectivity index (χ1v) is 9.95. The monoisotopic (exact) mass is 403 g/mol. The number of amides is 1. The number of quaternary nitrogens is 2. The molecule has 7 heteroatoms. The molecule has 29 heavy (non-hydrogen) atoms. The summed E-state index contributed by atoms with van der Waals surface area (Å²) in [6.07, 6.45) is 0. The van der Waals surface area contributed by atoms with Gasteiger partial charge in [0.15, 0.2) is 17.5 Å². The minimum Gasteiger partial charge on any atom is -0.493 e. The molecule has 3 rings (SSSR count). The Hall–Kier alpha value is -2.64. The molecule has 0 aliphatic carbocycles. The number of ether oxygens (including phenoxy) is 2. The highest BCUT2D eigenvalue weighted by Crippen LogP contribution is 2.27. The summed E-state index contributed by atoms with van der Waals surface area (Å²) in [5.74, 6) is 1.14. The lowest BCUT2D eigenvalue weighted by Crippen LogP contribution is -3.29. The average molecular weight is 403 g/mol. The number of nitrogens with one attached hydrogen (secondary N) is 3. The van der Waals surface area contributed by atoms with Crippen LogP contribution >= 0.6 is 0 Å². The summed E-state index contributed by atoms with van der Waals surface area (Å²) in [7, 11) is 3.28. The molecule has 2 aromatic carbocycles. The molecule has 0 saturated carbocycles. The van der Waals surface area contributed by atoms with Gasteiger partial charge in [-0.05, 0) is 49.4 Å². The summed E-state index contributed by atoms with van der Waals surface area (Å²) in [6, 6.07) is 11.8.